The van der Waals surface area contributed by atoms with Crippen LogP contribution in [-0.4, -0.2) is 16.1 Å². The van der Waals surface area contributed by atoms with Gasteiger partial charge in [-0.3, -0.25) is 9.78 Å². The summed E-state index contributed by atoms with van der Waals surface area (Å²) in [5.41, 5.74) is 1.12. The van der Waals surface area contributed by atoms with Crippen molar-refractivity contribution in [2.75, 3.05) is 0 Å². The Kier molecular flexibility index (Phi) is 3.88. The van der Waals surface area contributed by atoms with E-state index in [0.29, 0.717) is 0 Å². The number of nitrogens with zero attached hydrogens (tertiary/aromatic N) is 1. The molecule has 0 aliphatic rings. The number of hydrogen-bond acceptors (Lipinski definition) is 3. The molecule has 0 bridgehead atoms. The molecule has 2 aromatic heterocycles. The summed E-state index contributed by atoms with van der Waals surface area (Å²) >= 11 is 1.61. The first-order valence-electron chi connectivity index (χ1n) is 5.40. The smallest absolute Gasteiger partial charge is 0.304 e. The number of pyridine rings is 1. The van der Waals surface area contributed by atoms with Crippen molar-refractivity contribution in [1.29, 1.82) is 0 Å². The zero-order chi connectivity index (χ0) is 12.1. The van der Waals surface area contributed by atoms with Crippen molar-refractivity contribution >= 4 is 17.3 Å². The highest BCUT2D eigenvalue weighted by Crippen LogP contribution is 2.27. The van der Waals surface area contributed by atoms with Crippen LogP contribution in [-0.2, 0) is 11.2 Å². The lowest BCUT2D eigenvalue weighted by Crippen LogP contribution is -2.08. The second-order valence-corrected chi connectivity index (χ2v) is 4.85. The molecule has 0 saturated heterocycles. The SMILES string of the molecule is O=C(O)CC(Cc1ccncc1)c1cccs1. The third-order valence-corrected chi connectivity index (χ3v) is 3.63. The maximum absolute atomic E-state index is 10.9. The molecule has 88 valence electrons. The number of thiophene rings is 1. The molecule has 4 heteroatoms. The van der Waals surface area contributed by atoms with Crippen LogP contribution >= 0.6 is 11.3 Å². The van der Waals surface area contributed by atoms with E-state index in [2.05, 4.69) is 4.98 Å². The second-order valence-electron chi connectivity index (χ2n) is 3.87. The number of carboxylic acid groups (broad SMARTS) is 1. The lowest BCUT2D eigenvalue weighted by atomic mass is 9.95. The van der Waals surface area contributed by atoms with E-state index in [-0.39, 0.29) is 12.3 Å². The second kappa shape index (κ2) is 5.59. The van der Waals surface area contributed by atoms with Gasteiger partial charge in [0, 0.05) is 23.2 Å². The number of carbonyl (C=O) groups is 1. The predicted octanol–water partition coefficient (Wildman–Crippen LogP) is 2.94. The molecule has 2 aromatic rings. The Morgan fingerprint density at radius 3 is 2.71 bits per heavy atom. The fourth-order valence-electron chi connectivity index (χ4n) is 1.81. The molecule has 1 N–H and O–H groups in total. The summed E-state index contributed by atoms with van der Waals surface area (Å²) in [5, 5.41) is 10.9. The minimum absolute atomic E-state index is 0.0508. The van der Waals surface area contributed by atoms with Crippen LogP contribution in [0.1, 0.15) is 22.8 Å². The molecule has 17 heavy (non-hydrogen) atoms. The summed E-state index contributed by atoms with van der Waals surface area (Å²) < 4.78 is 0. The topological polar surface area (TPSA) is 50.2 Å². The predicted molar refractivity (Wildman–Crippen MR) is 67.3 cm³/mol. The third kappa shape index (κ3) is 3.39. The molecule has 2 heterocycles. The Balaban J connectivity index is 2.14. The average molecular weight is 247 g/mol. The van der Waals surface area contributed by atoms with Crippen molar-refractivity contribution < 1.29 is 9.90 Å². The molecule has 1 atom stereocenters. The molecular formula is C13H13NO2S. The molecule has 0 spiro atoms. The first-order valence-corrected chi connectivity index (χ1v) is 6.28. The molecule has 3 nitrogen and oxygen atoms in total. The van der Waals surface area contributed by atoms with E-state index in [1.807, 2.05) is 29.6 Å². The molecule has 0 aromatic carbocycles. The molecule has 0 radical (unpaired) electrons. The van der Waals surface area contributed by atoms with Gasteiger partial charge in [0.05, 0.1) is 6.42 Å². The Morgan fingerprint density at radius 1 is 1.35 bits per heavy atom. The minimum atomic E-state index is -0.752. The summed E-state index contributed by atoms with van der Waals surface area (Å²) in [4.78, 5) is 16.0. The summed E-state index contributed by atoms with van der Waals surface area (Å²) in [6.45, 7) is 0. The summed E-state index contributed by atoms with van der Waals surface area (Å²) in [5.74, 6) is -0.702. The van der Waals surface area contributed by atoms with Gasteiger partial charge in [-0.1, -0.05) is 6.07 Å². The zero-order valence-electron chi connectivity index (χ0n) is 9.24. The molecule has 2 rings (SSSR count). The Labute approximate surface area is 104 Å². The normalized spacial score (nSPS) is 12.2. The van der Waals surface area contributed by atoms with Crippen LogP contribution in [0, 0.1) is 0 Å². The molecule has 0 aliphatic carbocycles. The van der Waals surface area contributed by atoms with E-state index in [1.165, 1.54) is 0 Å². The quantitative estimate of drug-likeness (QED) is 0.883. The summed E-state index contributed by atoms with van der Waals surface area (Å²) in [6, 6.07) is 7.83. The largest absolute Gasteiger partial charge is 0.481 e. The molecule has 0 saturated carbocycles. The Morgan fingerprint density at radius 2 is 2.12 bits per heavy atom. The van der Waals surface area contributed by atoms with Gasteiger partial charge < -0.3 is 5.11 Å². The lowest BCUT2D eigenvalue weighted by Gasteiger charge is -2.12. The first-order chi connectivity index (χ1) is 8.25. The number of hydrogen-bond donors (Lipinski definition) is 1. The summed E-state index contributed by atoms with van der Waals surface area (Å²) in [6.07, 6.45) is 4.39. The van der Waals surface area contributed by atoms with Crippen molar-refractivity contribution in [1.82, 2.24) is 4.98 Å². The van der Waals surface area contributed by atoms with Gasteiger partial charge in [0.15, 0.2) is 0 Å². The molecular weight excluding hydrogens is 234 g/mol. The van der Waals surface area contributed by atoms with Crippen molar-refractivity contribution in [2.45, 2.75) is 18.8 Å². The maximum atomic E-state index is 10.9. The van der Waals surface area contributed by atoms with Gasteiger partial charge in [0.25, 0.3) is 0 Å². The number of rotatable bonds is 5. The van der Waals surface area contributed by atoms with Crippen LogP contribution in [0.3, 0.4) is 0 Å². The van der Waals surface area contributed by atoms with E-state index in [9.17, 15) is 4.79 Å². The fourth-order valence-corrected chi connectivity index (χ4v) is 2.64. The van der Waals surface area contributed by atoms with E-state index >= 15 is 0 Å². The first kappa shape index (κ1) is 11.8. The van der Waals surface area contributed by atoms with Gasteiger partial charge in [0.1, 0.15) is 0 Å². The highest BCUT2D eigenvalue weighted by Gasteiger charge is 2.17. The van der Waals surface area contributed by atoms with Crippen LogP contribution in [0.15, 0.2) is 42.0 Å². The lowest BCUT2D eigenvalue weighted by molar-refractivity contribution is -0.137. The Hall–Kier alpha value is -1.68. The van der Waals surface area contributed by atoms with E-state index in [4.69, 9.17) is 5.11 Å². The van der Waals surface area contributed by atoms with Gasteiger partial charge in [-0.15, -0.1) is 11.3 Å². The van der Waals surface area contributed by atoms with Crippen molar-refractivity contribution in [3.05, 3.63) is 52.5 Å². The molecule has 0 aliphatic heterocycles. The van der Waals surface area contributed by atoms with Gasteiger partial charge in [-0.2, -0.15) is 0 Å². The van der Waals surface area contributed by atoms with Crippen LogP contribution in [0.4, 0.5) is 0 Å². The minimum Gasteiger partial charge on any atom is -0.481 e. The molecule has 0 amide bonds. The van der Waals surface area contributed by atoms with Gasteiger partial charge in [-0.05, 0) is 35.6 Å². The number of aromatic nitrogens is 1. The molecule has 0 fully saturated rings. The van der Waals surface area contributed by atoms with Gasteiger partial charge in [0.2, 0.25) is 0 Å². The van der Waals surface area contributed by atoms with E-state index in [0.717, 1.165) is 16.9 Å². The number of carboxylic acids is 1. The third-order valence-electron chi connectivity index (χ3n) is 2.60. The van der Waals surface area contributed by atoms with Crippen molar-refractivity contribution in [3.63, 3.8) is 0 Å². The van der Waals surface area contributed by atoms with Crippen LogP contribution in [0.2, 0.25) is 0 Å². The van der Waals surface area contributed by atoms with E-state index in [1.54, 1.807) is 23.7 Å². The fraction of sp³-hybridized carbons (Fsp3) is 0.231. The molecule has 1 unspecified atom stereocenters. The van der Waals surface area contributed by atoms with Gasteiger partial charge in [-0.25, -0.2) is 0 Å². The highest BCUT2D eigenvalue weighted by atomic mass is 32.1. The standard InChI is InChI=1S/C13H13NO2S/c15-13(16)9-11(12-2-1-7-17-12)8-10-3-5-14-6-4-10/h1-7,11H,8-9H2,(H,15,16). The van der Waals surface area contributed by atoms with Crippen molar-refractivity contribution in [3.8, 4) is 0 Å². The Bertz CT molecular complexity index is 467. The van der Waals surface area contributed by atoms with Crippen molar-refractivity contribution in [2.24, 2.45) is 0 Å². The van der Waals surface area contributed by atoms with Gasteiger partial charge >= 0.3 is 5.97 Å². The van der Waals surface area contributed by atoms with Crippen LogP contribution < -0.4 is 0 Å². The maximum Gasteiger partial charge on any atom is 0.304 e. The van der Waals surface area contributed by atoms with E-state index < -0.39 is 5.97 Å². The van der Waals surface area contributed by atoms with Crippen LogP contribution in [0.25, 0.3) is 0 Å². The average Bonchev–Trinajstić information content (AvgIpc) is 2.82. The number of aliphatic carboxylic acids is 1. The zero-order valence-corrected chi connectivity index (χ0v) is 10.1. The van der Waals surface area contributed by atoms with Crippen LogP contribution in [0.5, 0.6) is 0 Å². The highest BCUT2D eigenvalue weighted by molar-refractivity contribution is 7.10. The monoisotopic (exact) mass is 247 g/mol. The summed E-state index contributed by atoms with van der Waals surface area (Å²) in [7, 11) is 0.